The quantitative estimate of drug-likeness (QED) is 0.415. The van der Waals surface area contributed by atoms with Crippen LogP contribution >= 0.6 is 11.6 Å². The predicted molar refractivity (Wildman–Crippen MR) is 122 cm³/mol. The molecule has 0 bridgehead atoms. The molecule has 2 aromatic carbocycles. The van der Waals surface area contributed by atoms with Crippen LogP contribution in [0.15, 0.2) is 64.6 Å². The zero-order chi connectivity index (χ0) is 23.1. The largest absolute Gasteiger partial charge is 0.497 e. The van der Waals surface area contributed by atoms with Gasteiger partial charge in [-0.2, -0.15) is 5.10 Å². The fourth-order valence-electron chi connectivity index (χ4n) is 3.00. The molecule has 1 N–H and O–H groups in total. The van der Waals surface area contributed by atoms with Crippen molar-refractivity contribution in [2.45, 2.75) is 6.54 Å². The highest BCUT2D eigenvalue weighted by molar-refractivity contribution is 6.32. The van der Waals surface area contributed by atoms with Gasteiger partial charge in [0.2, 0.25) is 0 Å². The topological polar surface area (TPSA) is 91.2 Å². The van der Waals surface area contributed by atoms with Crippen LogP contribution in [0.25, 0.3) is 0 Å². The lowest BCUT2D eigenvalue weighted by atomic mass is 10.2. The fourth-order valence-corrected chi connectivity index (χ4v) is 3.30. The Balaban J connectivity index is 1.73. The molecule has 0 spiro atoms. The zero-order valence-electron chi connectivity index (χ0n) is 17.8. The van der Waals surface area contributed by atoms with Crippen LogP contribution in [0.4, 0.5) is 0 Å². The molecule has 166 valence electrons. The smallest absolute Gasteiger partial charge is 0.276 e. The molecule has 8 nitrogen and oxygen atoms in total. The first-order chi connectivity index (χ1) is 15.5. The summed E-state index contributed by atoms with van der Waals surface area (Å²) < 4.78 is 17.0. The summed E-state index contributed by atoms with van der Waals surface area (Å²) in [7, 11) is 4.56. The molecule has 0 aliphatic rings. The van der Waals surface area contributed by atoms with Gasteiger partial charge >= 0.3 is 0 Å². The summed E-state index contributed by atoms with van der Waals surface area (Å²) in [4.78, 5) is 25.3. The van der Waals surface area contributed by atoms with Crippen molar-refractivity contribution in [3.05, 3.63) is 86.8 Å². The Morgan fingerprint density at radius 2 is 1.84 bits per heavy atom. The Morgan fingerprint density at radius 1 is 1.09 bits per heavy atom. The average molecular weight is 456 g/mol. The molecule has 0 saturated carbocycles. The van der Waals surface area contributed by atoms with Gasteiger partial charge in [-0.25, -0.2) is 5.43 Å². The number of rotatable bonds is 8. The minimum Gasteiger partial charge on any atom is -0.497 e. The first kappa shape index (κ1) is 22.9. The molecule has 1 heterocycles. The number of nitrogens with zero attached hydrogens (tertiary/aromatic N) is 2. The number of nitrogens with one attached hydrogen (secondary N) is 1. The third kappa shape index (κ3) is 5.28. The number of aromatic nitrogens is 1. The Hall–Kier alpha value is -3.78. The molecule has 9 heteroatoms. The van der Waals surface area contributed by atoms with Crippen LogP contribution in [0.1, 0.15) is 21.5 Å². The van der Waals surface area contributed by atoms with Gasteiger partial charge in [-0.1, -0.05) is 23.7 Å². The van der Waals surface area contributed by atoms with E-state index in [0.717, 1.165) is 11.3 Å². The van der Waals surface area contributed by atoms with Crippen molar-refractivity contribution in [1.29, 1.82) is 0 Å². The molecular formula is C23H22ClN3O5. The van der Waals surface area contributed by atoms with Crippen LogP contribution in [0, 0.1) is 0 Å². The van der Waals surface area contributed by atoms with Gasteiger partial charge in [0.1, 0.15) is 11.3 Å². The minimum atomic E-state index is -0.623. The van der Waals surface area contributed by atoms with E-state index in [4.69, 9.17) is 25.8 Å². The molecule has 32 heavy (non-hydrogen) atoms. The van der Waals surface area contributed by atoms with Crippen LogP contribution < -0.4 is 25.2 Å². The number of pyridine rings is 1. The number of amides is 1. The molecule has 0 aliphatic heterocycles. The summed E-state index contributed by atoms with van der Waals surface area (Å²) in [5.74, 6) is 0.930. The molecule has 0 unspecified atom stereocenters. The van der Waals surface area contributed by atoms with Crippen molar-refractivity contribution >= 4 is 23.7 Å². The SMILES string of the molecule is COc1ccc(Cn2cccc(C(=O)N/N=C\c3cc(Cl)c(OC)c(OC)c3)c2=O)cc1. The van der Waals surface area contributed by atoms with Crippen LogP contribution in [0.2, 0.25) is 5.02 Å². The summed E-state index contributed by atoms with van der Waals surface area (Å²) >= 11 is 6.17. The van der Waals surface area contributed by atoms with Gasteiger partial charge in [-0.15, -0.1) is 0 Å². The van der Waals surface area contributed by atoms with Gasteiger partial charge in [0, 0.05) is 6.20 Å². The highest BCUT2D eigenvalue weighted by Crippen LogP contribution is 2.35. The van der Waals surface area contributed by atoms with Gasteiger partial charge in [0.25, 0.3) is 11.5 Å². The average Bonchev–Trinajstić information content (AvgIpc) is 2.80. The number of halogens is 1. The zero-order valence-corrected chi connectivity index (χ0v) is 18.6. The highest BCUT2D eigenvalue weighted by atomic mass is 35.5. The van der Waals surface area contributed by atoms with Crippen molar-refractivity contribution in [2.24, 2.45) is 5.10 Å². The summed E-state index contributed by atoms with van der Waals surface area (Å²) in [6, 6.07) is 13.7. The lowest BCUT2D eigenvalue weighted by Gasteiger charge is -2.10. The normalized spacial score (nSPS) is 10.8. The van der Waals surface area contributed by atoms with E-state index in [0.29, 0.717) is 28.6 Å². The fraction of sp³-hybridized carbons (Fsp3) is 0.174. The maximum absolute atomic E-state index is 12.7. The van der Waals surface area contributed by atoms with E-state index in [9.17, 15) is 9.59 Å². The molecule has 0 saturated heterocycles. The lowest BCUT2D eigenvalue weighted by molar-refractivity contribution is 0.0953. The number of benzene rings is 2. The summed E-state index contributed by atoms with van der Waals surface area (Å²) in [5.41, 5.74) is 3.39. The Kier molecular flexibility index (Phi) is 7.51. The van der Waals surface area contributed by atoms with Crippen LogP contribution in [-0.2, 0) is 6.54 Å². The predicted octanol–water partition coefficient (Wildman–Crippen LogP) is 3.34. The molecule has 0 fully saturated rings. The molecule has 1 aromatic heterocycles. The molecule has 3 aromatic rings. The van der Waals surface area contributed by atoms with Gasteiger partial charge in [-0.05, 0) is 47.5 Å². The Morgan fingerprint density at radius 3 is 2.50 bits per heavy atom. The van der Waals surface area contributed by atoms with E-state index in [1.807, 2.05) is 24.3 Å². The van der Waals surface area contributed by atoms with Crippen molar-refractivity contribution in [2.75, 3.05) is 21.3 Å². The monoisotopic (exact) mass is 455 g/mol. The van der Waals surface area contributed by atoms with E-state index < -0.39 is 11.5 Å². The third-order valence-corrected chi connectivity index (χ3v) is 4.89. The van der Waals surface area contributed by atoms with E-state index in [1.165, 1.54) is 31.1 Å². The van der Waals surface area contributed by atoms with E-state index in [1.54, 1.807) is 31.5 Å². The molecule has 3 rings (SSSR count). The van der Waals surface area contributed by atoms with E-state index >= 15 is 0 Å². The van der Waals surface area contributed by atoms with E-state index in [-0.39, 0.29) is 5.56 Å². The van der Waals surface area contributed by atoms with Crippen LogP contribution in [0.5, 0.6) is 17.2 Å². The second-order valence-electron chi connectivity index (χ2n) is 6.64. The number of ether oxygens (including phenoxy) is 3. The number of carbonyl (C=O) groups is 1. The lowest BCUT2D eigenvalue weighted by Crippen LogP contribution is -2.30. The highest BCUT2D eigenvalue weighted by Gasteiger charge is 2.13. The molecule has 0 radical (unpaired) electrons. The standard InChI is InChI=1S/C23H22ClN3O5/c1-30-17-8-6-15(7-9-17)14-27-10-4-5-18(23(27)29)22(28)26-25-13-16-11-19(24)21(32-3)20(12-16)31-2/h4-13H,14H2,1-3H3,(H,26,28)/b25-13-. The number of hydrogen-bond acceptors (Lipinski definition) is 6. The first-order valence-corrected chi connectivity index (χ1v) is 9.92. The second kappa shape index (κ2) is 10.5. The second-order valence-corrected chi connectivity index (χ2v) is 7.05. The van der Waals surface area contributed by atoms with E-state index in [2.05, 4.69) is 10.5 Å². The molecule has 0 atom stereocenters. The van der Waals surface area contributed by atoms with Gasteiger partial charge < -0.3 is 18.8 Å². The minimum absolute atomic E-state index is 0.0245. The summed E-state index contributed by atoms with van der Waals surface area (Å²) in [6.45, 7) is 0.317. The van der Waals surface area contributed by atoms with Crippen LogP contribution in [-0.4, -0.2) is 38.0 Å². The van der Waals surface area contributed by atoms with Gasteiger partial charge in [0.15, 0.2) is 11.5 Å². The van der Waals surface area contributed by atoms with Gasteiger partial charge in [0.05, 0.1) is 39.1 Å². The number of hydrogen-bond donors (Lipinski definition) is 1. The Labute approximate surface area is 190 Å². The number of hydrazone groups is 1. The maximum Gasteiger partial charge on any atom is 0.276 e. The third-order valence-electron chi connectivity index (χ3n) is 4.61. The van der Waals surface area contributed by atoms with Crippen LogP contribution in [0.3, 0.4) is 0 Å². The van der Waals surface area contributed by atoms with Crippen molar-refractivity contribution < 1.29 is 19.0 Å². The molecule has 1 amide bonds. The van der Waals surface area contributed by atoms with Crippen molar-refractivity contribution in [3.63, 3.8) is 0 Å². The summed E-state index contributed by atoms with van der Waals surface area (Å²) in [5, 5.41) is 4.26. The molecular weight excluding hydrogens is 434 g/mol. The Bertz CT molecular complexity index is 1190. The maximum atomic E-state index is 12.7. The number of carbonyl (C=O) groups excluding carboxylic acids is 1. The first-order valence-electron chi connectivity index (χ1n) is 9.54. The molecule has 0 aliphatic carbocycles. The summed E-state index contributed by atoms with van der Waals surface area (Å²) in [6.07, 6.45) is 3.02. The van der Waals surface area contributed by atoms with Gasteiger partial charge in [-0.3, -0.25) is 9.59 Å². The van der Waals surface area contributed by atoms with Crippen molar-refractivity contribution in [1.82, 2.24) is 9.99 Å². The number of methoxy groups -OCH3 is 3. The van der Waals surface area contributed by atoms with Crippen molar-refractivity contribution in [3.8, 4) is 17.2 Å².